The van der Waals surface area contributed by atoms with Gasteiger partial charge in [-0.3, -0.25) is 14.9 Å². The summed E-state index contributed by atoms with van der Waals surface area (Å²) in [7, 11) is 0. The zero-order valence-corrected chi connectivity index (χ0v) is 20.7. The Hall–Kier alpha value is -4.63. The van der Waals surface area contributed by atoms with Crippen LogP contribution in [0.2, 0.25) is 0 Å². The van der Waals surface area contributed by atoms with Crippen molar-refractivity contribution < 1.29 is 14.7 Å². The molecule has 0 saturated carbocycles. The van der Waals surface area contributed by atoms with Gasteiger partial charge in [-0.15, -0.1) is 0 Å². The Morgan fingerprint density at radius 2 is 1.79 bits per heavy atom. The van der Waals surface area contributed by atoms with Gasteiger partial charge in [0.25, 0.3) is 0 Å². The van der Waals surface area contributed by atoms with Gasteiger partial charge in [-0.05, 0) is 67.4 Å². The van der Waals surface area contributed by atoms with Crippen molar-refractivity contribution in [3.8, 4) is 11.1 Å². The fourth-order valence-electron chi connectivity index (χ4n) is 5.09. The molecule has 190 valence electrons. The van der Waals surface area contributed by atoms with Gasteiger partial charge in [0.15, 0.2) is 5.69 Å². The lowest BCUT2D eigenvalue weighted by Crippen LogP contribution is -2.29. The number of nitrogens with one attached hydrogen (secondary N) is 1. The maximum Gasteiger partial charge on any atom is 0.357 e. The number of anilines is 1. The van der Waals surface area contributed by atoms with E-state index in [2.05, 4.69) is 31.3 Å². The van der Waals surface area contributed by atoms with E-state index in [1.54, 1.807) is 30.6 Å². The average Bonchev–Trinajstić information content (AvgIpc) is 3.33. The van der Waals surface area contributed by atoms with E-state index in [1.807, 2.05) is 36.5 Å². The molecule has 9 heteroatoms. The molecule has 1 amide bonds. The second kappa shape index (κ2) is 10.0. The molecule has 38 heavy (non-hydrogen) atoms. The van der Waals surface area contributed by atoms with Crippen LogP contribution in [0.15, 0.2) is 73.2 Å². The summed E-state index contributed by atoms with van der Waals surface area (Å²) in [5.41, 5.74) is 4.17. The molecular weight excluding hydrogens is 480 g/mol. The van der Waals surface area contributed by atoms with E-state index in [9.17, 15) is 14.7 Å². The number of carbonyl (C=O) groups is 2. The quantitative estimate of drug-likeness (QED) is 0.328. The zero-order chi connectivity index (χ0) is 26.1. The van der Waals surface area contributed by atoms with E-state index < -0.39 is 12.0 Å². The molecule has 2 N–H and O–H groups in total. The normalized spacial score (nSPS) is 14.1. The molecule has 0 bridgehead atoms. The Bertz CT molecular complexity index is 1670. The molecule has 6 rings (SSSR count). The molecule has 1 saturated heterocycles. The monoisotopic (exact) mass is 506 g/mol. The fraction of sp³-hybridized carbons (Fsp3) is 0.207. The molecule has 0 unspecified atom stereocenters. The first-order chi connectivity index (χ1) is 18.6. The summed E-state index contributed by atoms with van der Waals surface area (Å²) in [6.45, 7) is 3.02. The van der Waals surface area contributed by atoms with Gasteiger partial charge >= 0.3 is 12.0 Å². The summed E-state index contributed by atoms with van der Waals surface area (Å²) < 4.78 is 1.09. The Kier molecular flexibility index (Phi) is 6.27. The zero-order valence-electron chi connectivity index (χ0n) is 20.7. The first kappa shape index (κ1) is 23.7. The fourth-order valence-corrected chi connectivity index (χ4v) is 5.09. The first-order valence-electron chi connectivity index (χ1n) is 12.6. The highest BCUT2D eigenvalue weighted by Crippen LogP contribution is 2.28. The van der Waals surface area contributed by atoms with Crippen LogP contribution in [0.3, 0.4) is 0 Å². The number of pyridine rings is 2. The third kappa shape index (κ3) is 4.59. The van der Waals surface area contributed by atoms with Crippen molar-refractivity contribution in [3.63, 3.8) is 0 Å². The minimum absolute atomic E-state index is 0.189. The van der Waals surface area contributed by atoms with E-state index in [4.69, 9.17) is 0 Å². The minimum Gasteiger partial charge on any atom is -0.476 e. The number of likely N-dealkylation sites (tertiary alicyclic amines) is 1. The summed E-state index contributed by atoms with van der Waals surface area (Å²) in [6, 6.07) is 16.1. The maximum absolute atomic E-state index is 13.3. The maximum atomic E-state index is 13.3. The summed E-state index contributed by atoms with van der Waals surface area (Å²) in [5.74, 6) is -1.21. The minimum atomic E-state index is -1.21. The van der Waals surface area contributed by atoms with Crippen molar-refractivity contribution in [3.05, 3.63) is 84.4 Å². The molecule has 1 aliphatic heterocycles. The first-order valence-corrected chi connectivity index (χ1v) is 12.6. The Labute approximate surface area is 218 Å². The number of rotatable bonds is 5. The summed E-state index contributed by atoms with van der Waals surface area (Å²) in [5, 5.41) is 18.1. The standard InChI is InChI=1S/C29H26N6O3/c36-28(37)27-23-15-21(22-14-19(16-30-17-22)18-34-12-2-1-3-13-34)9-10-25(23)35(33-27)29(38)32-24-8-4-6-20-7-5-11-31-26(20)24/h4-11,14-17H,1-3,12-13,18H2,(H,32,38)(H,36,37). The predicted octanol–water partition coefficient (Wildman–Crippen LogP) is 5.41. The number of carboxylic acids is 1. The van der Waals surface area contributed by atoms with Crippen molar-refractivity contribution >= 4 is 39.5 Å². The average molecular weight is 507 g/mol. The van der Waals surface area contributed by atoms with Crippen LogP contribution in [-0.4, -0.2) is 54.8 Å². The summed E-state index contributed by atoms with van der Waals surface area (Å²) in [6.07, 6.45) is 9.02. The summed E-state index contributed by atoms with van der Waals surface area (Å²) >= 11 is 0. The number of aromatic carboxylic acids is 1. The molecule has 1 fully saturated rings. The van der Waals surface area contributed by atoms with Gasteiger partial charge in [0.2, 0.25) is 0 Å². The van der Waals surface area contributed by atoms with E-state index in [0.29, 0.717) is 22.1 Å². The largest absolute Gasteiger partial charge is 0.476 e. The van der Waals surface area contributed by atoms with Crippen molar-refractivity contribution in [2.45, 2.75) is 25.8 Å². The van der Waals surface area contributed by atoms with Gasteiger partial charge in [0.05, 0.1) is 16.7 Å². The number of aromatic nitrogens is 4. The highest BCUT2D eigenvalue weighted by molar-refractivity contribution is 6.08. The van der Waals surface area contributed by atoms with Crippen molar-refractivity contribution in [2.75, 3.05) is 18.4 Å². The van der Waals surface area contributed by atoms with Crippen LogP contribution in [0, 0.1) is 0 Å². The van der Waals surface area contributed by atoms with Crippen LogP contribution in [0.4, 0.5) is 10.5 Å². The van der Waals surface area contributed by atoms with Crippen LogP contribution < -0.4 is 5.32 Å². The third-order valence-electron chi connectivity index (χ3n) is 6.93. The highest BCUT2D eigenvalue weighted by atomic mass is 16.4. The van der Waals surface area contributed by atoms with Gasteiger partial charge in [0.1, 0.15) is 0 Å². The second-order valence-corrected chi connectivity index (χ2v) is 9.53. The SMILES string of the molecule is O=C(O)c1nn(C(=O)Nc2cccc3cccnc23)c2ccc(-c3cncc(CN4CCCCC4)c3)cc12. The molecule has 9 nitrogen and oxygen atoms in total. The van der Waals surface area contributed by atoms with Gasteiger partial charge in [-0.1, -0.05) is 30.7 Å². The van der Waals surface area contributed by atoms with Crippen molar-refractivity contribution in [2.24, 2.45) is 0 Å². The van der Waals surface area contributed by atoms with Crippen molar-refractivity contribution in [1.82, 2.24) is 24.6 Å². The molecule has 0 spiro atoms. The molecule has 3 aromatic heterocycles. The summed E-state index contributed by atoms with van der Waals surface area (Å²) in [4.78, 5) is 36.6. The second-order valence-electron chi connectivity index (χ2n) is 9.53. The lowest BCUT2D eigenvalue weighted by molar-refractivity contribution is 0.0692. The van der Waals surface area contributed by atoms with E-state index >= 15 is 0 Å². The number of nitrogens with zero attached hydrogens (tertiary/aromatic N) is 5. The molecule has 4 heterocycles. The van der Waals surface area contributed by atoms with Crippen LogP contribution in [-0.2, 0) is 6.54 Å². The topological polar surface area (TPSA) is 113 Å². The van der Waals surface area contributed by atoms with Gasteiger partial charge in [0, 0.05) is 41.5 Å². The Balaban J connectivity index is 1.33. The van der Waals surface area contributed by atoms with E-state index in [1.165, 1.54) is 19.3 Å². The molecule has 2 aromatic carbocycles. The van der Waals surface area contributed by atoms with Crippen LogP contribution >= 0.6 is 0 Å². The lowest BCUT2D eigenvalue weighted by atomic mass is 10.0. The van der Waals surface area contributed by atoms with Crippen LogP contribution in [0.25, 0.3) is 32.9 Å². The van der Waals surface area contributed by atoms with Gasteiger partial charge in [-0.25, -0.2) is 9.59 Å². The number of benzene rings is 2. The van der Waals surface area contributed by atoms with Gasteiger partial charge in [-0.2, -0.15) is 9.78 Å². The van der Waals surface area contributed by atoms with Crippen LogP contribution in [0.5, 0.6) is 0 Å². The number of piperidine rings is 1. The Morgan fingerprint density at radius 3 is 2.63 bits per heavy atom. The predicted molar refractivity (Wildman–Crippen MR) is 145 cm³/mol. The number of hydrogen-bond acceptors (Lipinski definition) is 6. The Morgan fingerprint density at radius 1 is 0.947 bits per heavy atom. The molecule has 5 aromatic rings. The highest BCUT2D eigenvalue weighted by Gasteiger charge is 2.21. The molecule has 0 atom stereocenters. The number of carboxylic acid groups (broad SMARTS) is 1. The number of amides is 1. The third-order valence-corrected chi connectivity index (χ3v) is 6.93. The number of carbonyl (C=O) groups excluding carboxylic acids is 1. The number of fused-ring (bicyclic) bond motifs is 2. The molecular formula is C29H26N6O3. The van der Waals surface area contributed by atoms with Crippen LogP contribution in [0.1, 0.15) is 35.3 Å². The molecule has 0 radical (unpaired) electrons. The van der Waals surface area contributed by atoms with E-state index in [-0.39, 0.29) is 5.69 Å². The molecule has 0 aliphatic carbocycles. The number of hydrogen-bond donors (Lipinski definition) is 2. The molecule has 1 aliphatic rings. The lowest BCUT2D eigenvalue weighted by Gasteiger charge is -2.26. The van der Waals surface area contributed by atoms with Gasteiger partial charge < -0.3 is 10.4 Å². The smallest absolute Gasteiger partial charge is 0.357 e. The van der Waals surface area contributed by atoms with Crippen molar-refractivity contribution in [1.29, 1.82) is 0 Å². The van der Waals surface area contributed by atoms with E-state index in [0.717, 1.165) is 46.4 Å². The number of para-hydroxylation sites is 1.